The van der Waals surface area contributed by atoms with Crippen molar-refractivity contribution in [2.24, 2.45) is 0 Å². The van der Waals surface area contributed by atoms with Crippen molar-refractivity contribution in [3.05, 3.63) is 58.1 Å². The van der Waals surface area contributed by atoms with E-state index in [9.17, 15) is 14.7 Å². The zero-order chi connectivity index (χ0) is 16.0. The van der Waals surface area contributed by atoms with Crippen LogP contribution in [0.15, 0.2) is 30.3 Å². The number of ketones is 2. The first-order valence-corrected chi connectivity index (χ1v) is 6.89. The van der Waals surface area contributed by atoms with Crippen molar-refractivity contribution in [3.63, 3.8) is 0 Å². The van der Waals surface area contributed by atoms with Crippen molar-refractivity contribution in [3.8, 4) is 5.75 Å². The monoisotopic (exact) mass is 296 g/mol. The van der Waals surface area contributed by atoms with E-state index in [1.165, 1.54) is 6.07 Å². The third-order valence-electron chi connectivity index (χ3n) is 3.81. The van der Waals surface area contributed by atoms with Gasteiger partial charge in [-0.3, -0.25) is 9.59 Å². The maximum absolute atomic E-state index is 12.7. The number of hydrogen-bond acceptors (Lipinski definition) is 5. The van der Waals surface area contributed by atoms with Crippen molar-refractivity contribution in [2.45, 2.75) is 6.54 Å². The largest absolute Gasteiger partial charge is 0.507 e. The summed E-state index contributed by atoms with van der Waals surface area (Å²) in [5.74, 6) is -0.886. The number of nitrogens with zero attached hydrogens (tertiary/aromatic N) is 1. The Morgan fingerprint density at radius 2 is 1.68 bits per heavy atom. The molecule has 0 saturated heterocycles. The fourth-order valence-electron chi connectivity index (χ4n) is 2.81. The van der Waals surface area contributed by atoms with E-state index in [2.05, 4.69) is 0 Å². The molecule has 2 aromatic carbocycles. The molecule has 2 aromatic rings. The fourth-order valence-corrected chi connectivity index (χ4v) is 2.81. The molecule has 1 aliphatic rings. The quantitative estimate of drug-likeness (QED) is 0.705. The molecule has 112 valence electrons. The average Bonchev–Trinajstić information content (AvgIpc) is 2.46. The Bertz CT molecular complexity index is 810. The van der Waals surface area contributed by atoms with Crippen molar-refractivity contribution in [1.82, 2.24) is 4.90 Å². The molecule has 0 saturated carbocycles. The molecule has 1 aliphatic carbocycles. The summed E-state index contributed by atoms with van der Waals surface area (Å²) in [4.78, 5) is 27.2. The number of fused-ring (bicyclic) bond motifs is 2. The maximum atomic E-state index is 12.7. The van der Waals surface area contributed by atoms with Crippen LogP contribution < -0.4 is 5.73 Å². The Hall–Kier alpha value is -2.66. The molecule has 0 atom stereocenters. The van der Waals surface area contributed by atoms with E-state index in [0.29, 0.717) is 17.8 Å². The summed E-state index contributed by atoms with van der Waals surface area (Å²) in [7, 11) is 3.79. The third kappa shape index (κ3) is 1.98. The van der Waals surface area contributed by atoms with Crippen LogP contribution in [0.3, 0.4) is 0 Å². The van der Waals surface area contributed by atoms with E-state index in [1.807, 2.05) is 19.0 Å². The number of nitrogens with two attached hydrogens (primary N) is 1. The number of aromatic hydroxyl groups is 1. The Morgan fingerprint density at radius 1 is 1.00 bits per heavy atom. The molecular formula is C17H16N2O3. The van der Waals surface area contributed by atoms with Gasteiger partial charge >= 0.3 is 0 Å². The number of anilines is 1. The predicted molar refractivity (Wildman–Crippen MR) is 83.2 cm³/mol. The fraction of sp³-hybridized carbons (Fsp3) is 0.176. The van der Waals surface area contributed by atoms with Gasteiger partial charge in [-0.1, -0.05) is 18.2 Å². The van der Waals surface area contributed by atoms with E-state index in [1.54, 1.807) is 24.3 Å². The van der Waals surface area contributed by atoms with Crippen LogP contribution in [0.1, 0.15) is 37.4 Å². The number of phenols is 1. The van der Waals surface area contributed by atoms with Crippen LogP contribution in [0.5, 0.6) is 5.75 Å². The third-order valence-corrected chi connectivity index (χ3v) is 3.81. The van der Waals surface area contributed by atoms with Crippen LogP contribution in [0.25, 0.3) is 0 Å². The van der Waals surface area contributed by atoms with E-state index >= 15 is 0 Å². The molecule has 3 N–H and O–H groups in total. The first kappa shape index (κ1) is 14.3. The van der Waals surface area contributed by atoms with Crippen LogP contribution in [0.2, 0.25) is 0 Å². The van der Waals surface area contributed by atoms with Gasteiger partial charge in [-0.25, -0.2) is 0 Å². The topological polar surface area (TPSA) is 83.6 Å². The molecule has 0 spiro atoms. The van der Waals surface area contributed by atoms with Crippen molar-refractivity contribution < 1.29 is 14.7 Å². The summed E-state index contributed by atoms with van der Waals surface area (Å²) in [6.45, 7) is 0.564. The number of carbonyl (C=O) groups excluding carboxylic acids is 2. The number of carbonyl (C=O) groups is 2. The molecule has 0 amide bonds. The lowest BCUT2D eigenvalue weighted by Gasteiger charge is -2.22. The zero-order valence-corrected chi connectivity index (χ0v) is 12.4. The van der Waals surface area contributed by atoms with Gasteiger partial charge in [0, 0.05) is 23.4 Å². The van der Waals surface area contributed by atoms with Gasteiger partial charge in [0.05, 0.1) is 11.1 Å². The Kier molecular flexibility index (Phi) is 3.22. The SMILES string of the molecule is CN(C)Cc1ccc2c(c1N)C(=O)c1c(O)cccc1C2=O. The zero-order valence-electron chi connectivity index (χ0n) is 12.4. The van der Waals surface area contributed by atoms with Gasteiger partial charge in [0.25, 0.3) is 0 Å². The van der Waals surface area contributed by atoms with Gasteiger partial charge in [0.1, 0.15) is 5.75 Å². The normalized spacial score (nSPS) is 13.2. The Balaban J connectivity index is 2.25. The molecule has 0 aliphatic heterocycles. The minimum Gasteiger partial charge on any atom is -0.507 e. The molecule has 0 unspecified atom stereocenters. The maximum Gasteiger partial charge on any atom is 0.200 e. The molecule has 0 fully saturated rings. The van der Waals surface area contributed by atoms with Gasteiger partial charge < -0.3 is 15.7 Å². The van der Waals surface area contributed by atoms with E-state index < -0.39 is 5.78 Å². The second kappa shape index (κ2) is 4.96. The lowest BCUT2D eigenvalue weighted by Crippen LogP contribution is -2.24. The number of benzene rings is 2. The van der Waals surface area contributed by atoms with Crippen molar-refractivity contribution in [1.29, 1.82) is 0 Å². The molecule has 0 bridgehead atoms. The highest BCUT2D eigenvalue weighted by molar-refractivity contribution is 6.31. The van der Waals surface area contributed by atoms with Crippen LogP contribution in [-0.2, 0) is 6.54 Å². The summed E-state index contributed by atoms with van der Waals surface area (Å²) in [6.07, 6.45) is 0. The average molecular weight is 296 g/mol. The molecule has 0 aromatic heterocycles. The minimum absolute atomic E-state index is 0.0358. The smallest absolute Gasteiger partial charge is 0.200 e. The number of phenolic OH excluding ortho intramolecular Hbond substituents is 1. The van der Waals surface area contributed by atoms with Gasteiger partial charge in [-0.2, -0.15) is 0 Å². The molecule has 5 heteroatoms. The predicted octanol–water partition coefficient (Wildman–Crippen LogP) is 1.81. The lowest BCUT2D eigenvalue weighted by atomic mass is 9.82. The summed E-state index contributed by atoms with van der Waals surface area (Å²) in [6, 6.07) is 7.90. The molecule has 0 heterocycles. The summed E-state index contributed by atoms with van der Waals surface area (Å²) >= 11 is 0. The molecular weight excluding hydrogens is 280 g/mol. The van der Waals surface area contributed by atoms with Crippen LogP contribution in [0, 0.1) is 0 Å². The first-order chi connectivity index (χ1) is 10.4. The molecule has 5 nitrogen and oxygen atoms in total. The van der Waals surface area contributed by atoms with Gasteiger partial charge in [-0.05, 0) is 31.8 Å². The van der Waals surface area contributed by atoms with Gasteiger partial charge in [-0.15, -0.1) is 0 Å². The summed E-state index contributed by atoms with van der Waals surface area (Å²) < 4.78 is 0. The number of rotatable bonds is 2. The summed E-state index contributed by atoms with van der Waals surface area (Å²) in [5.41, 5.74) is 7.96. The van der Waals surface area contributed by atoms with Crippen molar-refractivity contribution >= 4 is 17.3 Å². The van der Waals surface area contributed by atoms with Crippen LogP contribution >= 0.6 is 0 Å². The van der Waals surface area contributed by atoms with Crippen LogP contribution in [-0.4, -0.2) is 35.7 Å². The Labute approximate surface area is 128 Å². The summed E-state index contributed by atoms with van der Waals surface area (Å²) in [5, 5.41) is 9.95. The van der Waals surface area contributed by atoms with Crippen LogP contribution in [0.4, 0.5) is 5.69 Å². The minimum atomic E-state index is -0.402. The first-order valence-electron chi connectivity index (χ1n) is 6.89. The Morgan fingerprint density at radius 3 is 2.36 bits per heavy atom. The van der Waals surface area contributed by atoms with E-state index in [-0.39, 0.29) is 28.2 Å². The van der Waals surface area contributed by atoms with Crippen molar-refractivity contribution in [2.75, 3.05) is 19.8 Å². The molecule has 0 radical (unpaired) electrons. The van der Waals surface area contributed by atoms with Gasteiger partial charge in [0.2, 0.25) is 0 Å². The number of nitrogen functional groups attached to an aromatic ring is 1. The molecule has 3 rings (SSSR count). The van der Waals surface area contributed by atoms with E-state index in [0.717, 1.165) is 5.56 Å². The second-order valence-electron chi connectivity index (χ2n) is 5.66. The molecule has 22 heavy (non-hydrogen) atoms. The van der Waals surface area contributed by atoms with Gasteiger partial charge in [0.15, 0.2) is 11.6 Å². The van der Waals surface area contributed by atoms with E-state index in [4.69, 9.17) is 5.73 Å². The standard InChI is InChI=1S/C17H16N2O3/c1-19(2)8-9-6-7-11-14(15(9)18)17(22)13-10(16(11)21)4-3-5-12(13)20/h3-7,20H,8,18H2,1-2H3. The highest BCUT2D eigenvalue weighted by atomic mass is 16.3. The lowest BCUT2D eigenvalue weighted by molar-refractivity contribution is 0.0977. The number of hydrogen-bond donors (Lipinski definition) is 2. The highest BCUT2D eigenvalue weighted by Gasteiger charge is 2.34. The highest BCUT2D eigenvalue weighted by Crippen LogP contribution is 2.36. The second-order valence-corrected chi connectivity index (χ2v) is 5.66.